The number of piperidine rings is 1. The van der Waals surface area contributed by atoms with Crippen molar-refractivity contribution < 1.29 is 0 Å². The van der Waals surface area contributed by atoms with Crippen LogP contribution in [0.2, 0.25) is 5.02 Å². The van der Waals surface area contributed by atoms with Crippen LogP contribution in [0.5, 0.6) is 0 Å². The fraction of sp³-hybridized carbons (Fsp3) is 0.625. The summed E-state index contributed by atoms with van der Waals surface area (Å²) in [6.07, 6.45) is 5.21. The molecule has 19 heavy (non-hydrogen) atoms. The summed E-state index contributed by atoms with van der Waals surface area (Å²) in [4.78, 5) is 2.56. The Hall–Kier alpha value is -0.240. The quantitative estimate of drug-likeness (QED) is 0.691. The molecule has 0 saturated carbocycles. The number of benzene rings is 1. The van der Waals surface area contributed by atoms with Gasteiger partial charge in [-0.15, -0.1) is 11.6 Å². The monoisotopic (exact) mass is 299 g/mol. The molecule has 2 unspecified atom stereocenters. The van der Waals surface area contributed by atoms with Gasteiger partial charge in [0.2, 0.25) is 0 Å². The topological polar surface area (TPSA) is 3.24 Å². The molecule has 1 heterocycles. The van der Waals surface area contributed by atoms with Gasteiger partial charge >= 0.3 is 0 Å². The maximum absolute atomic E-state index is 6.60. The first kappa shape index (κ1) is 15.2. The van der Waals surface area contributed by atoms with E-state index in [0.29, 0.717) is 6.04 Å². The summed E-state index contributed by atoms with van der Waals surface area (Å²) in [6, 6.07) is 6.83. The van der Waals surface area contributed by atoms with Crippen LogP contribution in [0.25, 0.3) is 0 Å². The molecule has 0 aromatic heterocycles. The Kier molecular flexibility index (Phi) is 5.56. The maximum Gasteiger partial charge on any atom is 0.0712 e. The minimum atomic E-state index is 0.0584. The van der Waals surface area contributed by atoms with Crippen LogP contribution in [0.15, 0.2) is 18.2 Å². The van der Waals surface area contributed by atoms with E-state index in [1.165, 1.54) is 37.8 Å². The fourth-order valence-corrected chi connectivity index (χ4v) is 3.37. The number of hydrogen-bond acceptors (Lipinski definition) is 1. The molecule has 1 aliphatic rings. The standard InChI is InChI=1S/C16H23Cl2N/c1-3-14-6-4-5-9-19(14)11-16(18)13-7-8-15(17)12(2)10-13/h7-8,10,14,16H,3-6,9,11H2,1-2H3. The maximum atomic E-state index is 6.60. The van der Waals surface area contributed by atoms with Crippen molar-refractivity contribution in [3.05, 3.63) is 34.3 Å². The van der Waals surface area contributed by atoms with E-state index < -0.39 is 0 Å². The molecule has 1 fully saturated rings. The molecule has 0 N–H and O–H groups in total. The Bertz CT molecular complexity index is 419. The van der Waals surface area contributed by atoms with Gasteiger partial charge in [0, 0.05) is 17.6 Å². The van der Waals surface area contributed by atoms with Gasteiger partial charge in [0.25, 0.3) is 0 Å². The summed E-state index contributed by atoms with van der Waals surface area (Å²) in [5.41, 5.74) is 2.29. The van der Waals surface area contributed by atoms with Gasteiger partial charge in [0.15, 0.2) is 0 Å². The lowest BCUT2D eigenvalue weighted by molar-refractivity contribution is 0.144. The van der Waals surface area contributed by atoms with Gasteiger partial charge in [0.05, 0.1) is 5.38 Å². The van der Waals surface area contributed by atoms with Crippen LogP contribution in [0, 0.1) is 6.92 Å². The first-order valence-corrected chi connectivity index (χ1v) is 8.07. The third-order valence-electron chi connectivity index (χ3n) is 4.16. The van der Waals surface area contributed by atoms with Crippen LogP contribution in [0.1, 0.15) is 49.1 Å². The highest BCUT2D eigenvalue weighted by atomic mass is 35.5. The molecule has 1 aromatic rings. The zero-order valence-corrected chi connectivity index (χ0v) is 13.3. The Balaban J connectivity index is 2.02. The predicted octanol–water partition coefficient (Wildman–Crippen LogP) is 5.19. The molecule has 1 saturated heterocycles. The highest BCUT2D eigenvalue weighted by Crippen LogP contribution is 2.29. The molecule has 1 aromatic carbocycles. The first-order valence-electron chi connectivity index (χ1n) is 7.26. The van der Waals surface area contributed by atoms with E-state index in [1.54, 1.807) is 0 Å². The number of nitrogens with zero attached hydrogens (tertiary/aromatic N) is 1. The highest BCUT2D eigenvalue weighted by Gasteiger charge is 2.23. The van der Waals surface area contributed by atoms with Gasteiger partial charge < -0.3 is 0 Å². The number of likely N-dealkylation sites (tertiary alicyclic amines) is 1. The van der Waals surface area contributed by atoms with Crippen LogP contribution in [0.4, 0.5) is 0 Å². The van der Waals surface area contributed by atoms with Crippen molar-refractivity contribution in [2.24, 2.45) is 0 Å². The molecular formula is C16H23Cl2N. The van der Waals surface area contributed by atoms with E-state index in [9.17, 15) is 0 Å². The second-order valence-electron chi connectivity index (χ2n) is 5.53. The minimum Gasteiger partial charge on any atom is -0.299 e. The van der Waals surface area contributed by atoms with E-state index in [4.69, 9.17) is 23.2 Å². The molecule has 0 spiro atoms. The number of halogens is 2. The fourth-order valence-electron chi connectivity index (χ4n) is 2.94. The molecule has 106 valence electrons. The molecule has 3 heteroatoms. The van der Waals surface area contributed by atoms with E-state index in [0.717, 1.165) is 17.1 Å². The van der Waals surface area contributed by atoms with Crippen LogP contribution < -0.4 is 0 Å². The smallest absolute Gasteiger partial charge is 0.0712 e. The zero-order chi connectivity index (χ0) is 13.8. The average Bonchev–Trinajstić information content (AvgIpc) is 2.42. The number of aryl methyl sites for hydroxylation is 1. The molecular weight excluding hydrogens is 277 g/mol. The van der Waals surface area contributed by atoms with Gasteiger partial charge in [-0.2, -0.15) is 0 Å². The van der Waals surface area contributed by atoms with Gasteiger partial charge in [-0.25, -0.2) is 0 Å². The normalized spacial score (nSPS) is 22.4. The van der Waals surface area contributed by atoms with Gasteiger partial charge in [-0.1, -0.05) is 37.1 Å². The van der Waals surface area contributed by atoms with Crippen molar-refractivity contribution in [1.29, 1.82) is 0 Å². The lowest BCUT2D eigenvalue weighted by Crippen LogP contribution is -2.40. The molecule has 1 nitrogen and oxygen atoms in total. The molecule has 1 aliphatic heterocycles. The lowest BCUT2D eigenvalue weighted by atomic mass is 9.99. The van der Waals surface area contributed by atoms with Crippen LogP contribution >= 0.6 is 23.2 Å². The summed E-state index contributed by atoms with van der Waals surface area (Å²) in [5.74, 6) is 0. The largest absolute Gasteiger partial charge is 0.299 e. The summed E-state index contributed by atoms with van der Waals surface area (Å²) in [5, 5.41) is 0.875. The van der Waals surface area contributed by atoms with Crippen molar-refractivity contribution in [2.75, 3.05) is 13.1 Å². The van der Waals surface area contributed by atoms with Gasteiger partial charge in [-0.3, -0.25) is 4.90 Å². The van der Waals surface area contributed by atoms with Crippen molar-refractivity contribution in [3.8, 4) is 0 Å². The third-order valence-corrected chi connectivity index (χ3v) is 4.97. The van der Waals surface area contributed by atoms with Crippen molar-refractivity contribution in [2.45, 2.75) is 50.9 Å². The predicted molar refractivity (Wildman–Crippen MR) is 84.3 cm³/mol. The number of rotatable bonds is 4. The molecule has 0 radical (unpaired) electrons. The molecule has 0 aliphatic carbocycles. The van der Waals surface area contributed by atoms with Crippen molar-refractivity contribution in [1.82, 2.24) is 4.90 Å². The molecule has 2 rings (SSSR count). The SMILES string of the molecule is CCC1CCCCN1CC(Cl)c1ccc(Cl)c(C)c1. The van der Waals surface area contributed by atoms with E-state index >= 15 is 0 Å². The summed E-state index contributed by atoms with van der Waals surface area (Å²) >= 11 is 12.7. The lowest BCUT2D eigenvalue weighted by Gasteiger charge is -2.36. The summed E-state index contributed by atoms with van der Waals surface area (Å²) in [7, 11) is 0. The number of alkyl halides is 1. The highest BCUT2D eigenvalue weighted by molar-refractivity contribution is 6.31. The first-order chi connectivity index (χ1) is 9.11. The van der Waals surface area contributed by atoms with Crippen molar-refractivity contribution in [3.63, 3.8) is 0 Å². The molecule has 0 bridgehead atoms. The summed E-state index contributed by atoms with van der Waals surface area (Å²) < 4.78 is 0. The van der Waals surface area contributed by atoms with E-state index in [2.05, 4.69) is 24.0 Å². The van der Waals surface area contributed by atoms with E-state index in [1.807, 2.05) is 13.0 Å². The average molecular weight is 300 g/mol. The summed E-state index contributed by atoms with van der Waals surface area (Å²) in [6.45, 7) is 6.44. The van der Waals surface area contributed by atoms with Crippen LogP contribution in [-0.2, 0) is 0 Å². The Labute approximate surface area is 126 Å². The van der Waals surface area contributed by atoms with Gasteiger partial charge in [0.1, 0.15) is 0 Å². The minimum absolute atomic E-state index is 0.0584. The molecule has 2 atom stereocenters. The second-order valence-corrected chi connectivity index (χ2v) is 6.46. The van der Waals surface area contributed by atoms with E-state index in [-0.39, 0.29) is 5.38 Å². The third kappa shape index (κ3) is 3.87. The Morgan fingerprint density at radius 2 is 2.16 bits per heavy atom. The van der Waals surface area contributed by atoms with Crippen LogP contribution in [-0.4, -0.2) is 24.0 Å². The van der Waals surface area contributed by atoms with Gasteiger partial charge in [-0.05, 0) is 49.9 Å². The Morgan fingerprint density at radius 1 is 1.37 bits per heavy atom. The van der Waals surface area contributed by atoms with Crippen molar-refractivity contribution >= 4 is 23.2 Å². The Morgan fingerprint density at radius 3 is 2.84 bits per heavy atom. The van der Waals surface area contributed by atoms with Crippen LogP contribution in [0.3, 0.4) is 0 Å². The number of hydrogen-bond donors (Lipinski definition) is 0. The second kappa shape index (κ2) is 6.97. The molecule has 0 amide bonds. The zero-order valence-electron chi connectivity index (χ0n) is 11.8.